The van der Waals surface area contributed by atoms with Gasteiger partial charge in [-0.1, -0.05) is 0 Å². The maximum atomic E-state index is 12.5. The number of cyclic esters (lactones) is 2. The van der Waals surface area contributed by atoms with Crippen molar-refractivity contribution < 1.29 is 23.9 Å². The molecule has 0 amide bonds. The number of hydrogen-bond donors (Lipinski definition) is 0. The largest absolute Gasteiger partial charge is 0.465 e. The average Bonchev–Trinajstić information content (AvgIpc) is 2.33. The number of Topliss-reactive ketones (excluding diaryl/α,β-unsaturated/α-hetero) is 1. The van der Waals surface area contributed by atoms with Crippen LogP contribution in [0.5, 0.6) is 0 Å². The van der Waals surface area contributed by atoms with Crippen LogP contribution in [0, 0.1) is 17.3 Å². The monoisotopic (exact) mass is 266 g/mol. The van der Waals surface area contributed by atoms with Gasteiger partial charge in [0.25, 0.3) is 0 Å². The van der Waals surface area contributed by atoms with E-state index in [1.807, 2.05) is 0 Å². The van der Waals surface area contributed by atoms with Crippen LogP contribution in [0.2, 0.25) is 0 Å². The van der Waals surface area contributed by atoms with Crippen LogP contribution in [0.1, 0.15) is 39.0 Å². The second kappa shape index (κ2) is 4.32. The SMILES string of the molecule is C[C@@H]1CC(=O)OC[C@@H]2C[C@H]3C(=O)CCC[C@@]23C(=O)O1. The van der Waals surface area contributed by atoms with Gasteiger partial charge in [-0.05, 0) is 26.2 Å². The number of carbonyl (C=O) groups excluding carboxylic acids is 3. The fourth-order valence-electron chi connectivity index (χ4n) is 3.80. The quantitative estimate of drug-likeness (QED) is 0.617. The Balaban J connectivity index is 1.91. The average molecular weight is 266 g/mol. The molecule has 3 rings (SSSR count). The first-order valence-electron chi connectivity index (χ1n) is 6.93. The smallest absolute Gasteiger partial charge is 0.313 e. The molecule has 104 valence electrons. The molecule has 1 saturated heterocycles. The number of ether oxygens (including phenoxy) is 2. The third-order valence-electron chi connectivity index (χ3n) is 4.86. The standard InChI is InChI=1S/C14H18O5/c1-8-5-12(16)18-7-9-6-10-11(15)3-2-4-14(9,10)13(17)19-8/h8-10H,2-7H2,1H3/t8-,9+,10+,14-/m1/s1. The van der Waals surface area contributed by atoms with Crippen molar-refractivity contribution in [2.24, 2.45) is 17.3 Å². The predicted molar refractivity (Wildman–Crippen MR) is 64.0 cm³/mol. The van der Waals surface area contributed by atoms with E-state index in [9.17, 15) is 14.4 Å². The number of esters is 2. The van der Waals surface area contributed by atoms with Gasteiger partial charge >= 0.3 is 11.9 Å². The molecule has 2 aliphatic carbocycles. The fourth-order valence-corrected chi connectivity index (χ4v) is 3.80. The third kappa shape index (κ3) is 1.78. The van der Waals surface area contributed by atoms with E-state index in [1.54, 1.807) is 6.92 Å². The summed E-state index contributed by atoms with van der Waals surface area (Å²) in [5.74, 6) is -0.737. The molecule has 2 saturated carbocycles. The summed E-state index contributed by atoms with van der Waals surface area (Å²) in [6.45, 7) is 1.93. The van der Waals surface area contributed by atoms with Gasteiger partial charge in [0.2, 0.25) is 0 Å². The highest BCUT2D eigenvalue weighted by Crippen LogP contribution is 2.59. The summed E-state index contributed by atoms with van der Waals surface area (Å²) in [6.07, 6.45) is 2.22. The van der Waals surface area contributed by atoms with E-state index in [4.69, 9.17) is 9.47 Å². The summed E-state index contributed by atoms with van der Waals surface area (Å²) in [5, 5.41) is 0. The summed E-state index contributed by atoms with van der Waals surface area (Å²) in [7, 11) is 0. The van der Waals surface area contributed by atoms with Crippen LogP contribution in [-0.4, -0.2) is 30.4 Å². The van der Waals surface area contributed by atoms with E-state index < -0.39 is 11.5 Å². The van der Waals surface area contributed by atoms with Crippen LogP contribution < -0.4 is 0 Å². The van der Waals surface area contributed by atoms with Gasteiger partial charge in [0.1, 0.15) is 11.9 Å². The maximum Gasteiger partial charge on any atom is 0.313 e. The first kappa shape index (κ1) is 12.6. The first-order chi connectivity index (χ1) is 9.04. The van der Waals surface area contributed by atoms with Crippen molar-refractivity contribution in [1.29, 1.82) is 0 Å². The van der Waals surface area contributed by atoms with Crippen molar-refractivity contribution in [3.63, 3.8) is 0 Å². The lowest BCUT2D eigenvalue weighted by Crippen LogP contribution is -2.61. The maximum absolute atomic E-state index is 12.5. The normalized spacial score (nSPS) is 42.6. The second-order valence-corrected chi connectivity index (χ2v) is 5.95. The minimum absolute atomic E-state index is 0.0523. The summed E-state index contributed by atoms with van der Waals surface area (Å²) < 4.78 is 10.6. The molecule has 0 radical (unpaired) electrons. The van der Waals surface area contributed by atoms with E-state index in [1.165, 1.54) is 0 Å². The number of carbonyl (C=O) groups is 3. The van der Waals surface area contributed by atoms with Crippen LogP contribution in [-0.2, 0) is 23.9 Å². The molecule has 0 bridgehead atoms. The molecule has 0 aromatic carbocycles. The van der Waals surface area contributed by atoms with E-state index >= 15 is 0 Å². The van der Waals surface area contributed by atoms with Gasteiger partial charge < -0.3 is 9.47 Å². The molecule has 0 aromatic rings. The van der Waals surface area contributed by atoms with Crippen molar-refractivity contribution in [3.8, 4) is 0 Å². The second-order valence-electron chi connectivity index (χ2n) is 5.95. The molecule has 0 aromatic heterocycles. The van der Waals surface area contributed by atoms with Crippen molar-refractivity contribution >= 4 is 17.7 Å². The van der Waals surface area contributed by atoms with E-state index in [-0.39, 0.29) is 42.6 Å². The van der Waals surface area contributed by atoms with Crippen molar-refractivity contribution in [2.75, 3.05) is 6.61 Å². The Hall–Kier alpha value is -1.39. The van der Waals surface area contributed by atoms with Gasteiger partial charge in [0.05, 0.1) is 18.4 Å². The Labute approximate surface area is 111 Å². The highest BCUT2D eigenvalue weighted by molar-refractivity contribution is 5.93. The van der Waals surface area contributed by atoms with E-state index in [0.29, 0.717) is 19.3 Å². The topological polar surface area (TPSA) is 69.7 Å². The van der Waals surface area contributed by atoms with Crippen molar-refractivity contribution in [3.05, 3.63) is 0 Å². The molecule has 5 heteroatoms. The number of rotatable bonds is 0. The highest BCUT2D eigenvalue weighted by atomic mass is 16.6. The van der Waals surface area contributed by atoms with Crippen LogP contribution >= 0.6 is 0 Å². The molecule has 1 spiro atoms. The van der Waals surface area contributed by atoms with E-state index in [0.717, 1.165) is 6.42 Å². The lowest BCUT2D eigenvalue weighted by Gasteiger charge is -2.54. The minimum atomic E-state index is -0.714. The number of hydrogen-bond acceptors (Lipinski definition) is 5. The van der Waals surface area contributed by atoms with Crippen molar-refractivity contribution in [2.45, 2.75) is 45.1 Å². The molecule has 0 unspecified atom stereocenters. The lowest BCUT2D eigenvalue weighted by molar-refractivity contribution is -0.193. The van der Waals surface area contributed by atoms with Crippen LogP contribution in [0.15, 0.2) is 0 Å². The van der Waals surface area contributed by atoms with Crippen LogP contribution in [0.3, 0.4) is 0 Å². The summed E-state index contributed by atoms with van der Waals surface area (Å²) >= 11 is 0. The zero-order chi connectivity index (χ0) is 13.6. The van der Waals surface area contributed by atoms with Gasteiger partial charge in [-0.15, -0.1) is 0 Å². The molecule has 5 nitrogen and oxygen atoms in total. The highest BCUT2D eigenvalue weighted by Gasteiger charge is 2.65. The fraction of sp³-hybridized carbons (Fsp3) is 0.786. The van der Waals surface area contributed by atoms with Crippen LogP contribution in [0.25, 0.3) is 0 Å². The molecule has 0 N–H and O–H groups in total. The summed E-state index contributed by atoms with van der Waals surface area (Å²) in [5.41, 5.74) is -0.714. The Morgan fingerprint density at radius 2 is 2.05 bits per heavy atom. The molecule has 4 atom stereocenters. The molecule has 3 fully saturated rings. The van der Waals surface area contributed by atoms with E-state index in [2.05, 4.69) is 0 Å². The van der Waals surface area contributed by atoms with Gasteiger partial charge in [-0.25, -0.2) is 0 Å². The number of ketones is 1. The summed E-state index contributed by atoms with van der Waals surface area (Å²) in [4.78, 5) is 35.9. The molecular weight excluding hydrogens is 248 g/mol. The van der Waals surface area contributed by atoms with Gasteiger partial charge in [0, 0.05) is 18.3 Å². The Kier molecular flexibility index (Phi) is 2.87. The molecule has 19 heavy (non-hydrogen) atoms. The molecule has 1 aliphatic heterocycles. The third-order valence-corrected chi connectivity index (χ3v) is 4.86. The Morgan fingerprint density at radius 3 is 2.84 bits per heavy atom. The molecular formula is C14H18O5. The zero-order valence-electron chi connectivity index (χ0n) is 11.0. The Bertz CT molecular complexity index is 443. The molecule has 3 aliphatic rings. The Morgan fingerprint density at radius 1 is 1.26 bits per heavy atom. The predicted octanol–water partition coefficient (Wildman–Crippen LogP) is 1.24. The molecule has 1 heterocycles. The minimum Gasteiger partial charge on any atom is -0.465 e. The zero-order valence-corrected chi connectivity index (χ0v) is 11.0. The summed E-state index contributed by atoms with van der Waals surface area (Å²) in [6, 6.07) is 0. The van der Waals surface area contributed by atoms with Gasteiger partial charge in [0.15, 0.2) is 0 Å². The van der Waals surface area contributed by atoms with Gasteiger partial charge in [-0.2, -0.15) is 0 Å². The van der Waals surface area contributed by atoms with Gasteiger partial charge in [-0.3, -0.25) is 14.4 Å². The van der Waals surface area contributed by atoms with Crippen molar-refractivity contribution in [1.82, 2.24) is 0 Å². The first-order valence-corrected chi connectivity index (χ1v) is 6.93. The lowest BCUT2D eigenvalue weighted by atomic mass is 9.47. The van der Waals surface area contributed by atoms with Crippen LogP contribution in [0.4, 0.5) is 0 Å².